The molecule has 3 heterocycles. The van der Waals surface area contributed by atoms with Gasteiger partial charge in [0.15, 0.2) is 5.82 Å². The molecule has 0 spiro atoms. The van der Waals surface area contributed by atoms with Crippen LogP contribution < -0.4 is 10.1 Å². The van der Waals surface area contributed by atoms with E-state index in [2.05, 4.69) is 20.6 Å². The van der Waals surface area contributed by atoms with Gasteiger partial charge in [-0.15, -0.1) is 10.2 Å². The van der Waals surface area contributed by atoms with Gasteiger partial charge in [0.2, 0.25) is 5.88 Å². The summed E-state index contributed by atoms with van der Waals surface area (Å²) in [7, 11) is 1.52. The Morgan fingerprint density at radius 3 is 2.42 bits per heavy atom. The summed E-state index contributed by atoms with van der Waals surface area (Å²) in [5.74, 6) is 0.661. The number of hydrogen-bond acceptors (Lipinski definition) is 6. The highest BCUT2D eigenvalue weighted by atomic mass is 16.5. The molecule has 1 aromatic carbocycles. The Bertz CT molecular complexity index is 1070. The molecular formula is C22H24N6O3. The van der Waals surface area contributed by atoms with Gasteiger partial charge in [0.25, 0.3) is 11.8 Å². The maximum Gasteiger partial charge on any atom is 0.259 e. The van der Waals surface area contributed by atoms with Crippen LogP contribution in [0, 0.1) is 0 Å². The summed E-state index contributed by atoms with van der Waals surface area (Å²) < 4.78 is 6.63. The van der Waals surface area contributed by atoms with Crippen LogP contribution >= 0.6 is 0 Å². The van der Waals surface area contributed by atoms with Crippen LogP contribution in [0.4, 0.5) is 5.69 Å². The predicted molar refractivity (Wildman–Crippen MR) is 115 cm³/mol. The fourth-order valence-corrected chi connectivity index (χ4v) is 3.63. The second-order valence-electron chi connectivity index (χ2n) is 7.23. The minimum atomic E-state index is -0.275. The Balaban J connectivity index is 1.49. The third-order valence-corrected chi connectivity index (χ3v) is 5.28. The van der Waals surface area contributed by atoms with E-state index >= 15 is 0 Å². The lowest BCUT2D eigenvalue weighted by atomic mass is 10.1. The first-order chi connectivity index (χ1) is 15.1. The van der Waals surface area contributed by atoms with Crippen molar-refractivity contribution in [2.75, 3.05) is 25.5 Å². The van der Waals surface area contributed by atoms with Crippen LogP contribution in [-0.2, 0) is 6.42 Å². The molecule has 1 aliphatic heterocycles. The summed E-state index contributed by atoms with van der Waals surface area (Å²) >= 11 is 0. The molecule has 160 valence electrons. The summed E-state index contributed by atoms with van der Waals surface area (Å²) in [6, 6.07) is 10.4. The van der Waals surface area contributed by atoms with Gasteiger partial charge in [0.1, 0.15) is 0 Å². The molecule has 1 fully saturated rings. The second-order valence-corrected chi connectivity index (χ2v) is 7.23. The number of amides is 2. The van der Waals surface area contributed by atoms with Crippen LogP contribution in [0.2, 0.25) is 0 Å². The van der Waals surface area contributed by atoms with Crippen LogP contribution in [0.5, 0.6) is 5.88 Å². The molecule has 0 saturated carbocycles. The number of hydrogen-bond donors (Lipinski definition) is 1. The average molecular weight is 420 g/mol. The second kappa shape index (κ2) is 8.95. The maximum atomic E-state index is 12.9. The van der Waals surface area contributed by atoms with Gasteiger partial charge in [-0.05, 0) is 49.6 Å². The van der Waals surface area contributed by atoms with Crippen molar-refractivity contribution < 1.29 is 14.3 Å². The van der Waals surface area contributed by atoms with Crippen molar-refractivity contribution in [1.82, 2.24) is 24.9 Å². The van der Waals surface area contributed by atoms with Crippen molar-refractivity contribution in [2.24, 2.45) is 0 Å². The number of nitrogens with zero attached hydrogens (tertiary/aromatic N) is 5. The van der Waals surface area contributed by atoms with Crippen LogP contribution in [0.25, 0.3) is 5.82 Å². The topological polar surface area (TPSA) is 102 Å². The Kier molecular flexibility index (Phi) is 5.92. The summed E-state index contributed by atoms with van der Waals surface area (Å²) in [6.45, 7) is 3.55. The monoisotopic (exact) mass is 420 g/mol. The minimum Gasteiger partial charge on any atom is -0.480 e. The fraction of sp³-hybridized carbons (Fsp3) is 0.318. The molecule has 0 radical (unpaired) electrons. The molecule has 31 heavy (non-hydrogen) atoms. The van der Waals surface area contributed by atoms with Crippen LogP contribution in [0.15, 0.2) is 42.6 Å². The third-order valence-electron chi connectivity index (χ3n) is 5.28. The zero-order chi connectivity index (χ0) is 21.8. The number of methoxy groups -OCH3 is 1. The molecule has 0 atom stereocenters. The van der Waals surface area contributed by atoms with E-state index in [1.165, 1.54) is 13.3 Å². The number of aromatic nitrogens is 4. The molecule has 0 unspecified atom stereocenters. The molecule has 2 amide bonds. The number of likely N-dealkylation sites (tertiary alicyclic amines) is 1. The number of rotatable bonds is 6. The van der Waals surface area contributed by atoms with Crippen molar-refractivity contribution >= 4 is 17.5 Å². The first-order valence-electron chi connectivity index (χ1n) is 10.3. The van der Waals surface area contributed by atoms with E-state index in [1.807, 2.05) is 11.8 Å². The highest BCUT2D eigenvalue weighted by Gasteiger charge is 2.20. The zero-order valence-electron chi connectivity index (χ0n) is 17.5. The SMILES string of the molecule is CCc1c(C(=O)Nc2ccc(C(=O)N3CCCC3)cc2)cnn1-c1ccc(OC)nn1. The quantitative estimate of drug-likeness (QED) is 0.658. The fourth-order valence-electron chi connectivity index (χ4n) is 3.63. The van der Waals surface area contributed by atoms with Gasteiger partial charge < -0.3 is 15.0 Å². The standard InChI is InChI=1S/C22H24N6O3/c1-3-18-17(14-23-28(18)19-10-11-20(31-2)26-25-19)21(29)24-16-8-6-15(7-9-16)22(30)27-12-4-5-13-27/h6-11,14H,3-5,12-13H2,1-2H3,(H,24,29). The third kappa shape index (κ3) is 4.25. The Morgan fingerprint density at radius 1 is 1.06 bits per heavy atom. The summed E-state index contributed by atoms with van der Waals surface area (Å²) in [6.07, 6.45) is 4.20. The van der Waals surface area contributed by atoms with E-state index in [0.29, 0.717) is 34.9 Å². The van der Waals surface area contributed by atoms with E-state index in [-0.39, 0.29) is 11.8 Å². The van der Waals surface area contributed by atoms with Crippen molar-refractivity contribution in [2.45, 2.75) is 26.2 Å². The van der Waals surface area contributed by atoms with Gasteiger partial charge in [-0.3, -0.25) is 9.59 Å². The predicted octanol–water partition coefficient (Wildman–Crippen LogP) is 2.72. The van der Waals surface area contributed by atoms with E-state index in [9.17, 15) is 9.59 Å². The number of benzene rings is 1. The molecule has 4 rings (SSSR count). The summed E-state index contributed by atoms with van der Waals surface area (Å²) in [5, 5.41) is 15.3. The van der Waals surface area contributed by atoms with Crippen molar-refractivity contribution in [3.63, 3.8) is 0 Å². The van der Waals surface area contributed by atoms with Crippen molar-refractivity contribution in [3.05, 3.63) is 59.4 Å². The van der Waals surface area contributed by atoms with Crippen molar-refractivity contribution in [3.8, 4) is 11.7 Å². The van der Waals surface area contributed by atoms with Gasteiger partial charge in [0, 0.05) is 30.4 Å². The van der Waals surface area contributed by atoms with Gasteiger partial charge in [-0.2, -0.15) is 5.10 Å². The Morgan fingerprint density at radius 2 is 1.81 bits per heavy atom. The highest BCUT2D eigenvalue weighted by Crippen LogP contribution is 2.19. The molecule has 1 N–H and O–H groups in total. The highest BCUT2D eigenvalue weighted by molar-refractivity contribution is 6.05. The molecule has 9 nitrogen and oxygen atoms in total. The number of anilines is 1. The van der Waals surface area contributed by atoms with Gasteiger partial charge in [-0.1, -0.05) is 6.92 Å². The summed E-state index contributed by atoms with van der Waals surface area (Å²) in [4.78, 5) is 27.2. The first-order valence-corrected chi connectivity index (χ1v) is 10.3. The molecule has 3 aromatic rings. The Hall–Kier alpha value is -3.75. The lowest BCUT2D eigenvalue weighted by molar-refractivity contribution is 0.0792. The molecule has 9 heteroatoms. The minimum absolute atomic E-state index is 0.0329. The van der Waals surface area contributed by atoms with Gasteiger partial charge in [0.05, 0.1) is 24.6 Å². The lowest BCUT2D eigenvalue weighted by Gasteiger charge is -2.15. The van der Waals surface area contributed by atoms with Crippen LogP contribution in [0.1, 0.15) is 46.2 Å². The number of nitrogens with one attached hydrogen (secondary N) is 1. The number of ether oxygens (including phenoxy) is 1. The molecule has 2 aromatic heterocycles. The van der Waals surface area contributed by atoms with Gasteiger partial charge >= 0.3 is 0 Å². The summed E-state index contributed by atoms with van der Waals surface area (Å²) in [5.41, 5.74) is 2.41. The number of carbonyl (C=O) groups is 2. The van der Waals surface area contributed by atoms with E-state index in [4.69, 9.17) is 4.74 Å². The van der Waals surface area contributed by atoms with Crippen LogP contribution in [-0.4, -0.2) is 56.9 Å². The lowest BCUT2D eigenvalue weighted by Crippen LogP contribution is -2.27. The molecule has 1 aliphatic rings. The smallest absolute Gasteiger partial charge is 0.259 e. The van der Waals surface area contributed by atoms with Gasteiger partial charge in [-0.25, -0.2) is 4.68 Å². The molecular weight excluding hydrogens is 396 g/mol. The average Bonchev–Trinajstić information content (AvgIpc) is 3.49. The zero-order valence-corrected chi connectivity index (χ0v) is 17.5. The number of carbonyl (C=O) groups excluding carboxylic acids is 2. The van der Waals surface area contributed by atoms with E-state index < -0.39 is 0 Å². The first kappa shape index (κ1) is 20.5. The largest absolute Gasteiger partial charge is 0.480 e. The van der Waals surface area contributed by atoms with Crippen LogP contribution in [0.3, 0.4) is 0 Å². The molecule has 0 bridgehead atoms. The normalized spacial score (nSPS) is 13.3. The van der Waals surface area contributed by atoms with E-state index in [1.54, 1.807) is 41.1 Å². The molecule has 0 aliphatic carbocycles. The maximum absolute atomic E-state index is 12.9. The Labute approximate surface area is 180 Å². The molecule has 1 saturated heterocycles. The van der Waals surface area contributed by atoms with Crippen molar-refractivity contribution in [1.29, 1.82) is 0 Å². The van der Waals surface area contributed by atoms with E-state index in [0.717, 1.165) is 31.6 Å².